The van der Waals surface area contributed by atoms with E-state index in [9.17, 15) is 9.90 Å². The molecule has 2 rings (SSSR count). The van der Waals surface area contributed by atoms with Crippen LogP contribution in [0.4, 0.5) is 0 Å². The van der Waals surface area contributed by atoms with Crippen LogP contribution in [0.3, 0.4) is 0 Å². The zero-order valence-electron chi connectivity index (χ0n) is 11.7. The highest BCUT2D eigenvalue weighted by molar-refractivity contribution is 5.92. The summed E-state index contributed by atoms with van der Waals surface area (Å²) in [6, 6.07) is 11.0. The van der Waals surface area contributed by atoms with Crippen LogP contribution in [0.25, 0.3) is 0 Å². The number of nitrogens with one attached hydrogen (secondary N) is 1. The number of amides is 1. The van der Waals surface area contributed by atoms with Crippen molar-refractivity contribution in [2.75, 3.05) is 0 Å². The van der Waals surface area contributed by atoms with E-state index in [1.54, 1.807) is 19.3 Å². The molecule has 0 saturated heterocycles. The lowest BCUT2D eigenvalue weighted by molar-refractivity contribution is 0.0907. The van der Waals surface area contributed by atoms with Crippen molar-refractivity contribution >= 4 is 5.91 Å². The fourth-order valence-electron chi connectivity index (χ4n) is 2.10. The largest absolute Gasteiger partial charge is 0.388 e. The second kappa shape index (κ2) is 6.34. The molecular weight excluding hydrogens is 254 g/mol. The lowest BCUT2D eigenvalue weighted by Crippen LogP contribution is -2.34. The number of nitrogens with zero attached hydrogens (tertiary/aromatic N) is 2. The fraction of sp³-hybridized carbons (Fsp3) is 0.333. The Bertz CT molecular complexity index is 566. The van der Waals surface area contributed by atoms with Crippen LogP contribution >= 0.6 is 0 Å². The van der Waals surface area contributed by atoms with E-state index in [2.05, 4.69) is 10.4 Å². The standard InChI is InChI=1S/C15H19N3O2/c1-11(10-14(19)12-6-4-3-5-7-12)17-15(20)13-8-9-16-18(13)2/h3-9,11,14,19H,10H2,1-2H3,(H,17,20). The molecule has 0 aliphatic rings. The first-order chi connectivity index (χ1) is 9.58. The predicted molar refractivity (Wildman–Crippen MR) is 76.2 cm³/mol. The molecule has 2 atom stereocenters. The van der Waals surface area contributed by atoms with Gasteiger partial charge < -0.3 is 10.4 Å². The van der Waals surface area contributed by atoms with Gasteiger partial charge in [0.25, 0.3) is 5.91 Å². The second-order valence-corrected chi connectivity index (χ2v) is 4.88. The van der Waals surface area contributed by atoms with Crippen LogP contribution in [-0.2, 0) is 7.05 Å². The number of aryl methyl sites for hydroxylation is 1. The Labute approximate surface area is 118 Å². The van der Waals surface area contributed by atoms with Crippen LogP contribution in [0.5, 0.6) is 0 Å². The highest BCUT2D eigenvalue weighted by atomic mass is 16.3. The Kier molecular flexibility index (Phi) is 4.53. The van der Waals surface area contributed by atoms with Crippen molar-refractivity contribution in [3.05, 3.63) is 53.9 Å². The molecule has 1 aromatic heterocycles. The van der Waals surface area contributed by atoms with E-state index >= 15 is 0 Å². The third-order valence-electron chi connectivity index (χ3n) is 3.19. The molecule has 106 valence electrons. The maximum atomic E-state index is 12.0. The molecule has 5 nitrogen and oxygen atoms in total. The maximum absolute atomic E-state index is 12.0. The maximum Gasteiger partial charge on any atom is 0.269 e. The van der Waals surface area contributed by atoms with Crippen LogP contribution in [0.15, 0.2) is 42.6 Å². The Hall–Kier alpha value is -2.14. The van der Waals surface area contributed by atoms with Gasteiger partial charge in [-0.05, 0) is 25.0 Å². The summed E-state index contributed by atoms with van der Waals surface area (Å²) in [5.41, 5.74) is 1.36. The number of aliphatic hydroxyl groups excluding tert-OH is 1. The molecule has 0 radical (unpaired) electrons. The van der Waals surface area contributed by atoms with Crippen molar-refractivity contribution in [2.24, 2.45) is 7.05 Å². The molecule has 20 heavy (non-hydrogen) atoms. The lowest BCUT2D eigenvalue weighted by atomic mass is 10.0. The van der Waals surface area contributed by atoms with Gasteiger partial charge >= 0.3 is 0 Å². The molecule has 2 aromatic rings. The van der Waals surface area contributed by atoms with Crippen molar-refractivity contribution in [2.45, 2.75) is 25.5 Å². The van der Waals surface area contributed by atoms with Crippen LogP contribution in [-0.4, -0.2) is 26.8 Å². The zero-order chi connectivity index (χ0) is 14.5. The Morgan fingerprint density at radius 3 is 2.65 bits per heavy atom. The molecule has 5 heteroatoms. The van der Waals surface area contributed by atoms with Gasteiger partial charge in [0.2, 0.25) is 0 Å². The normalized spacial score (nSPS) is 13.8. The molecule has 0 aliphatic carbocycles. The molecule has 2 N–H and O–H groups in total. The summed E-state index contributed by atoms with van der Waals surface area (Å²) in [7, 11) is 1.72. The highest BCUT2D eigenvalue weighted by Crippen LogP contribution is 2.17. The molecule has 0 fully saturated rings. The zero-order valence-corrected chi connectivity index (χ0v) is 11.7. The molecule has 1 amide bonds. The summed E-state index contributed by atoms with van der Waals surface area (Å²) >= 11 is 0. The monoisotopic (exact) mass is 273 g/mol. The van der Waals surface area contributed by atoms with Gasteiger partial charge in [0.1, 0.15) is 5.69 Å². The van der Waals surface area contributed by atoms with Crippen LogP contribution in [0.1, 0.15) is 35.5 Å². The Balaban J connectivity index is 1.91. The summed E-state index contributed by atoms with van der Waals surface area (Å²) < 4.78 is 1.52. The van der Waals surface area contributed by atoms with Crippen molar-refractivity contribution in [1.82, 2.24) is 15.1 Å². The second-order valence-electron chi connectivity index (χ2n) is 4.88. The predicted octanol–water partition coefficient (Wildman–Crippen LogP) is 1.66. The van der Waals surface area contributed by atoms with E-state index in [-0.39, 0.29) is 11.9 Å². The summed E-state index contributed by atoms with van der Waals surface area (Å²) in [5, 5.41) is 16.9. The number of aromatic nitrogens is 2. The highest BCUT2D eigenvalue weighted by Gasteiger charge is 2.16. The van der Waals surface area contributed by atoms with Gasteiger partial charge in [-0.25, -0.2) is 0 Å². The van der Waals surface area contributed by atoms with Gasteiger partial charge in [-0.3, -0.25) is 9.48 Å². The van der Waals surface area contributed by atoms with Gasteiger partial charge in [-0.2, -0.15) is 5.10 Å². The number of aliphatic hydroxyl groups is 1. The number of rotatable bonds is 5. The van der Waals surface area contributed by atoms with Crippen LogP contribution < -0.4 is 5.32 Å². The summed E-state index contributed by atoms with van der Waals surface area (Å²) in [6.45, 7) is 1.88. The smallest absolute Gasteiger partial charge is 0.269 e. The van der Waals surface area contributed by atoms with Crippen LogP contribution in [0, 0.1) is 0 Å². The summed E-state index contributed by atoms with van der Waals surface area (Å²) in [5.74, 6) is -0.183. The summed E-state index contributed by atoms with van der Waals surface area (Å²) in [6.07, 6.45) is 1.46. The third kappa shape index (κ3) is 3.45. The SMILES string of the molecule is CC(CC(O)c1ccccc1)NC(=O)c1ccnn1C. The molecule has 1 aromatic carbocycles. The number of carbonyl (C=O) groups is 1. The minimum absolute atomic E-state index is 0.132. The van der Waals surface area contributed by atoms with Crippen molar-refractivity contribution in [3.63, 3.8) is 0 Å². The first-order valence-corrected chi connectivity index (χ1v) is 6.60. The first-order valence-electron chi connectivity index (χ1n) is 6.60. The minimum Gasteiger partial charge on any atom is -0.388 e. The first kappa shape index (κ1) is 14.3. The number of benzene rings is 1. The topological polar surface area (TPSA) is 67.2 Å². The Morgan fingerprint density at radius 1 is 1.35 bits per heavy atom. The van der Waals surface area contributed by atoms with Gasteiger partial charge in [0.05, 0.1) is 6.10 Å². The van der Waals surface area contributed by atoms with E-state index in [4.69, 9.17) is 0 Å². The average molecular weight is 273 g/mol. The molecule has 0 aliphatic heterocycles. The van der Waals surface area contributed by atoms with E-state index in [1.165, 1.54) is 4.68 Å². The van der Waals surface area contributed by atoms with Crippen LogP contribution in [0.2, 0.25) is 0 Å². The number of hydrogen-bond acceptors (Lipinski definition) is 3. The molecule has 0 bridgehead atoms. The Morgan fingerprint density at radius 2 is 2.05 bits per heavy atom. The van der Waals surface area contributed by atoms with E-state index in [1.807, 2.05) is 37.3 Å². The van der Waals surface area contributed by atoms with Gasteiger partial charge in [-0.15, -0.1) is 0 Å². The van der Waals surface area contributed by atoms with Gasteiger partial charge in [0.15, 0.2) is 0 Å². The van der Waals surface area contributed by atoms with Crippen molar-refractivity contribution in [1.29, 1.82) is 0 Å². The van der Waals surface area contributed by atoms with Gasteiger partial charge in [0, 0.05) is 19.3 Å². The van der Waals surface area contributed by atoms with Gasteiger partial charge in [-0.1, -0.05) is 30.3 Å². The van der Waals surface area contributed by atoms with E-state index < -0.39 is 6.10 Å². The van der Waals surface area contributed by atoms with Crippen molar-refractivity contribution in [3.8, 4) is 0 Å². The quantitative estimate of drug-likeness (QED) is 0.870. The molecular formula is C15H19N3O2. The molecule has 0 spiro atoms. The molecule has 1 heterocycles. The molecule has 0 saturated carbocycles. The summed E-state index contributed by atoms with van der Waals surface area (Å²) in [4.78, 5) is 12.0. The van der Waals surface area contributed by atoms with E-state index in [0.717, 1.165) is 5.56 Å². The fourth-order valence-corrected chi connectivity index (χ4v) is 2.10. The van der Waals surface area contributed by atoms with Crippen molar-refractivity contribution < 1.29 is 9.90 Å². The average Bonchev–Trinajstić information content (AvgIpc) is 2.86. The van der Waals surface area contributed by atoms with E-state index in [0.29, 0.717) is 12.1 Å². The minimum atomic E-state index is -0.585. The lowest BCUT2D eigenvalue weighted by Gasteiger charge is -2.18. The number of carbonyl (C=O) groups excluding carboxylic acids is 1. The third-order valence-corrected chi connectivity index (χ3v) is 3.19. The molecule has 2 unspecified atom stereocenters. The number of hydrogen-bond donors (Lipinski definition) is 2.